The minimum atomic E-state index is -0.540. The predicted molar refractivity (Wildman–Crippen MR) is 74.8 cm³/mol. The molecule has 2 N–H and O–H groups in total. The molecule has 0 saturated carbocycles. The Morgan fingerprint density at radius 1 is 1.30 bits per heavy atom. The van der Waals surface area contributed by atoms with Crippen molar-refractivity contribution >= 4 is 11.6 Å². The van der Waals surface area contributed by atoms with Crippen molar-refractivity contribution in [2.75, 3.05) is 0 Å². The van der Waals surface area contributed by atoms with Gasteiger partial charge in [0.1, 0.15) is 24.2 Å². The Bertz CT molecular complexity index is 667. The maximum absolute atomic E-state index is 13.2. The van der Waals surface area contributed by atoms with Crippen LogP contribution in [0.25, 0.3) is 0 Å². The monoisotopic (exact) mass is 290 g/mol. The van der Waals surface area contributed by atoms with E-state index in [1.54, 1.807) is 30.3 Å². The van der Waals surface area contributed by atoms with E-state index in [-0.39, 0.29) is 18.7 Å². The summed E-state index contributed by atoms with van der Waals surface area (Å²) in [6.45, 7) is 0.476. The van der Waals surface area contributed by atoms with E-state index in [1.807, 2.05) is 0 Å². The van der Waals surface area contributed by atoms with Gasteiger partial charge in [-0.3, -0.25) is 0 Å². The summed E-state index contributed by atoms with van der Waals surface area (Å²) in [6.07, 6.45) is 0. The number of halogens is 2. The Morgan fingerprint density at radius 2 is 2.10 bits per heavy atom. The summed E-state index contributed by atoms with van der Waals surface area (Å²) in [5.74, 6) is 0.0458. The van der Waals surface area contributed by atoms with E-state index in [2.05, 4.69) is 0 Å². The van der Waals surface area contributed by atoms with Gasteiger partial charge in [-0.15, -0.1) is 0 Å². The van der Waals surface area contributed by atoms with Crippen molar-refractivity contribution < 1.29 is 9.13 Å². The zero-order chi connectivity index (χ0) is 14.5. The van der Waals surface area contributed by atoms with Crippen molar-refractivity contribution in [3.63, 3.8) is 0 Å². The van der Waals surface area contributed by atoms with Crippen molar-refractivity contribution in [3.05, 3.63) is 63.9 Å². The van der Waals surface area contributed by atoms with E-state index in [4.69, 9.17) is 27.3 Å². The highest BCUT2D eigenvalue weighted by Crippen LogP contribution is 2.26. The first-order chi connectivity index (χ1) is 9.65. The Morgan fingerprint density at radius 3 is 2.80 bits per heavy atom. The lowest BCUT2D eigenvalue weighted by molar-refractivity contribution is 0.303. The molecule has 2 aromatic carbocycles. The molecule has 3 nitrogen and oxygen atoms in total. The molecule has 0 amide bonds. The zero-order valence-electron chi connectivity index (χ0n) is 10.6. The van der Waals surface area contributed by atoms with Gasteiger partial charge in [-0.1, -0.05) is 23.7 Å². The second-order valence-electron chi connectivity index (χ2n) is 4.14. The first kappa shape index (κ1) is 14.3. The summed E-state index contributed by atoms with van der Waals surface area (Å²) >= 11 is 6.03. The van der Waals surface area contributed by atoms with Gasteiger partial charge in [0.15, 0.2) is 0 Å². The standard InChI is InChI=1S/C15H12ClFN2O/c16-13-2-1-3-15(12(13)8-19)20-9-10-4-5-14(17)11(6-10)7-18/h1-6H,8-9,19H2. The minimum Gasteiger partial charge on any atom is -0.489 e. The highest BCUT2D eigenvalue weighted by molar-refractivity contribution is 6.31. The number of hydrogen-bond donors (Lipinski definition) is 1. The fraction of sp³-hybridized carbons (Fsp3) is 0.133. The van der Waals surface area contributed by atoms with Gasteiger partial charge in [0.25, 0.3) is 0 Å². The van der Waals surface area contributed by atoms with Crippen molar-refractivity contribution in [1.82, 2.24) is 0 Å². The fourth-order valence-electron chi connectivity index (χ4n) is 1.78. The van der Waals surface area contributed by atoms with Crippen LogP contribution in [0.4, 0.5) is 4.39 Å². The minimum absolute atomic E-state index is 0.00348. The van der Waals surface area contributed by atoms with Crippen LogP contribution in [0, 0.1) is 17.1 Å². The highest BCUT2D eigenvalue weighted by Gasteiger charge is 2.08. The first-order valence-corrected chi connectivity index (χ1v) is 6.32. The summed E-state index contributed by atoms with van der Waals surface area (Å²) in [4.78, 5) is 0. The van der Waals surface area contributed by atoms with E-state index < -0.39 is 5.82 Å². The van der Waals surface area contributed by atoms with Crippen LogP contribution < -0.4 is 10.5 Å². The summed E-state index contributed by atoms with van der Waals surface area (Å²) < 4.78 is 18.8. The van der Waals surface area contributed by atoms with Gasteiger partial charge < -0.3 is 10.5 Å². The van der Waals surface area contributed by atoms with Crippen LogP contribution in [-0.4, -0.2) is 0 Å². The molecule has 0 unspecified atom stereocenters. The van der Waals surface area contributed by atoms with E-state index in [1.165, 1.54) is 12.1 Å². The van der Waals surface area contributed by atoms with Gasteiger partial charge in [0.2, 0.25) is 0 Å². The molecule has 2 rings (SSSR count). The molecule has 5 heteroatoms. The summed E-state index contributed by atoms with van der Waals surface area (Å²) in [7, 11) is 0. The summed E-state index contributed by atoms with van der Waals surface area (Å²) in [6, 6.07) is 11.3. The molecule has 0 aromatic heterocycles. The predicted octanol–water partition coefficient (Wildman–Crippen LogP) is 3.39. The van der Waals surface area contributed by atoms with Crippen molar-refractivity contribution in [3.8, 4) is 11.8 Å². The van der Waals surface area contributed by atoms with Crippen LogP contribution in [0.5, 0.6) is 5.75 Å². The molecule has 2 aromatic rings. The Labute approximate surface area is 121 Å². The lowest BCUT2D eigenvalue weighted by Gasteiger charge is -2.12. The van der Waals surface area contributed by atoms with Gasteiger partial charge in [0, 0.05) is 17.1 Å². The molecular formula is C15H12ClFN2O. The third kappa shape index (κ3) is 3.08. The average molecular weight is 291 g/mol. The van der Waals surface area contributed by atoms with Crippen LogP contribution >= 0.6 is 11.6 Å². The van der Waals surface area contributed by atoms with Crippen LogP contribution in [0.3, 0.4) is 0 Å². The maximum atomic E-state index is 13.2. The number of nitriles is 1. The lowest BCUT2D eigenvalue weighted by atomic mass is 10.1. The van der Waals surface area contributed by atoms with Crippen molar-refractivity contribution in [1.29, 1.82) is 5.26 Å². The smallest absolute Gasteiger partial charge is 0.140 e. The molecule has 0 bridgehead atoms. The van der Waals surface area contributed by atoms with E-state index in [0.717, 1.165) is 5.56 Å². The number of rotatable bonds is 4. The second-order valence-corrected chi connectivity index (χ2v) is 4.54. The molecule has 102 valence electrons. The number of benzene rings is 2. The zero-order valence-corrected chi connectivity index (χ0v) is 11.3. The second kappa shape index (κ2) is 6.38. The number of hydrogen-bond acceptors (Lipinski definition) is 3. The van der Waals surface area contributed by atoms with Gasteiger partial charge >= 0.3 is 0 Å². The van der Waals surface area contributed by atoms with Crippen LogP contribution in [0.15, 0.2) is 36.4 Å². The molecule has 0 heterocycles. The van der Waals surface area contributed by atoms with Crippen molar-refractivity contribution in [2.45, 2.75) is 13.2 Å². The molecule has 0 fully saturated rings. The van der Waals surface area contributed by atoms with Crippen LogP contribution in [0.2, 0.25) is 5.02 Å². The first-order valence-electron chi connectivity index (χ1n) is 5.94. The van der Waals surface area contributed by atoms with Crippen LogP contribution in [-0.2, 0) is 13.2 Å². The molecular weight excluding hydrogens is 279 g/mol. The number of nitrogens with zero attached hydrogens (tertiary/aromatic N) is 1. The molecule has 0 aliphatic rings. The van der Waals surface area contributed by atoms with Gasteiger partial charge in [-0.2, -0.15) is 5.26 Å². The lowest BCUT2D eigenvalue weighted by Crippen LogP contribution is -2.03. The average Bonchev–Trinajstić information content (AvgIpc) is 2.46. The molecule has 0 radical (unpaired) electrons. The largest absolute Gasteiger partial charge is 0.489 e. The maximum Gasteiger partial charge on any atom is 0.140 e. The third-order valence-electron chi connectivity index (χ3n) is 2.83. The molecule has 0 aliphatic carbocycles. The Kier molecular flexibility index (Phi) is 4.57. The topological polar surface area (TPSA) is 59.0 Å². The SMILES string of the molecule is N#Cc1cc(COc2cccc(Cl)c2CN)ccc1F. The van der Waals surface area contributed by atoms with Crippen LogP contribution in [0.1, 0.15) is 16.7 Å². The van der Waals surface area contributed by atoms with E-state index in [9.17, 15) is 4.39 Å². The summed E-state index contributed by atoms with van der Waals surface area (Å²) in [5, 5.41) is 9.33. The van der Waals surface area contributed by atoms with E-state index >= 15 is 0 Å². The van der Waals surface area contributed by atoms with Gasteiger partial charge in [-0.05, 0) is 29.8 Å². The van der Waals surface area contributed by atoms with Gasteiger partial charge in [0.05, 0.1) is 5.56 Å². The molecule has 0 aliphatic heterocycles. The quantitative estimate of drug-likeness (QED) is 0.939. The normalized spacial score (nSPS) is 10.1. The molecule has 0 saturated heterocycles. The number of ether oxygens (including phenoxy) is 1. The third-order valence-corrected chi connectivity index (χ3v) is 3.18. The number of nitrogens with two attached hydrogens (primary N) is 1. The molecule has 20 heavy (non-hydrogen) atoms. The summed E-state index contributed by atoms with van der Waals surface area (Å²) in [5.41, 5.74) is 7.04. The molecule has 0 atom stereocenters. The van der Waals surface area contributed by atoms with Crippen molar-refractivity contribution in [2.24, 2.45) is 5.73 Å². The molecule has 0 spiro atoms. The Balaban J connectivity index is 2.17. The van der Waals surface area contributed by atoms with Gasteiger partial charge in [-0.25, -0.2) is 4.39 Å². The highest BCUT2D eigenvalue weighted by atomic mass is 35.5. The fourth-order valence-corrected chi connectivity index (χ4v) is 2.02. The Hall–Kier alpha value is -2.09. The van der Waals surface area contributed by atoms with E-state index in [0.29, 0.717) is 16.3 Å².